The van der Waals surface area contributed by atoms with Crippen molar-refractivity contribution in [3.05, 3.63) is 35.9 Å². The van der Waals surface area contributed by atoms with E-state index in [2.05, 4.69) is 19.2 Å². The second kappa shape index (κ2) is 4.73. The summed E-state index contributed by atoms with van der Waals surface area (Å²) in [5.41, 5.74) is 6.50. The van der Waals surface area contributed by atoms with E-state index < -0.39 is 0 Å². The number of benzene rings is 1. The third-order valence-electron chi connectivity index (χ3n) is 3.79. The Morgan fingerprint density at radius 2 is 1.94 bits per heavy atom. The average Bonchev–Trinajstić information content (AvgIpc) is 3.19. The van der Waals surface area contributed by atoms with Crippen LogP contribution in [0.25, 0.3) is 0 Å². The highest BCUT2D eigenvalue weighted by Gasteiger charge is 2.51. The Bertz CT molecular complexity index is 421. The second-order valence-electron chi connectivity index (χ2n) is 6.00. The molecule has 1 aromatic rings. The number of hydrogen-bond donors (Lipinski definition) is 2. The van der Waals surface area contributed by atoms with Crippen LogP contribution in [-0.4, -0.2) is 19.0 Å². The smallest absolute Gasteiger partial charge is 0.230 e. The molecule has 1 fully saturated rings. The predicted octanol–water partition coefficient (Wildman–Crippen LogP) is 1.82. The van der Waals surface area contributed by atoms with E-state index in [1.165, 1.54) is 0 Å². The zero-order valence-electron chi connectivity index (χ0n) is 11.2. The van der Waals surface area contributed by atoms with E-state index in [1.54, 1.807) is 0 Å². The molecule has 0 atom stereocenters. The van der Waals surface area contributed by atoms with E-state index in [1.807, 2.05) is 30.3 Å². The van der Waals surface area contributed by atoms with E-state index in [4.69, 9.17) is 5.73 Å². The average molecular weight is 246 g/mol. The standard InChI is InChI=1S/C15H22N2O/c1-14(2,10-16)11-17-13(18)15(8-9-15)12-6-4-3-5-7-12/h3-7H,8-11,16H2,1-2H3,(H,17,18). The molecule has 3 nitrogen and oxygen atoms in total. The number of nitrogens with two attached hydrogens (primary N) is 1. The van der Waals surface area contributed by atoms with Crippen molar-refractivity contribution in [1.82, 2.24) is 5.32 Å². The van der Waals surface area contributed by atoms with Crippen LogP contribution in [0.5, 0.6) is 0 Å². The van der Waals surface area contributed by atoms with Crippen LogP contribution in [0.1, 0.15) is 32.3 Å². The first kappa shape index (κ1) is 13.1. The topological polar surface area (TPSA) is 55.1 Å². The van der Waals surface area contributed by atoms with Crippen LogP contribution in [-0.2, 0) is 10.2 Å². The number of nitrogens with one attached hydrogen (secondary N) is 1. The lowest BCUT2D eigenvalue weighted by molar-refractivity contribution is -0.124. The summed E-state index contributed by atoms with van der Waals surface area (Å²) in [6, 6.07) is 10.1. The van der Waals surface area contributed by atoms with E-state index in [0.29, 0.717) is 13.1 Å². The summed E-state index contributed by atoms with van der Waals surface area (Å²) in [7, 11) is 0. The minimum atomic E-state index is -0.272. The summed E-state index contributed by atoms with van der Waals surface area (Å²) in [6.07, 6.45) is 1.90. The molecule has 0 unspecified atom stereocenters. The van der Waals surface area contributed by atoms with Gasteiger partial charge >= 0.3 is 0 Å². The van der Waals surface area contributed by atoms with Gasteiger partial charge in [-0.05, 0) is 30.4 Å². The van der Waals surface area contributed by atoms with Crippen molar-refractivity contribution in [3.8, 4) is 0 Å². The minimum absolute atomic E-state index is 0.0393. The fraction of sp³-hybridized carbons (Fsp3) is 0.533. The lowest BCUT2D eigenvalue weighted by Gasteiger charge is -2.24. The fourth-order valence-corrected chi connectivity index (χ4v) is 2.09. The zero-order valence-corrected chi connectivity index (χ0v) is 11.2. The molecule has 0 radical (unpaired) electrons. The van der Waals surface area contributed by atoms with Gasteiger partial charge in [-0.25, -0.2) is 0 Å². The lowest BCUT2D eigenvalue weighted by Crippen LogP contribution is -2.42. The van der Waals surface area contributed by atoms with Crippen molar-refractivity contribution < 1.29 is 4.79 Å². The van der Waals surface area contributed by atoms with Gasteiger partial charge in [0.2, 0.25) is 5.91 Å². The zero-order chi connectivity index (χ0) is 13.2. The highest BCUT2D eigenvalue weighted by atomic mass is 16.2. The van der Waals surface area contributed by atoms with Crippen molar-refractivity contribution in [2.75, 3.05) is 13.1 Å². The molecule has 1 aliphatic rings. The van der Waals surface area contributed by atoms with Gasteiger partial charge in [-0.3, -0.25) is 4.79 Å². The highest BCUT2D eigenvalue weighted by molar-refractivity contribution is 5.91. The molecule has 18 heavy (non-hydrogen) atoms. The molecule has 0 aliphatic heterocycles. The Hall–Kier alpha value is -1.35. The second-order valence-corrected chi connectivity index (χ2v) is 6.00. The molecular weight excluding hydrogens is 224 g/mol. The summed E-state index contributed by atoms with van der Waals surface area (Å²) in [5, 5.41) is 3.06. The van der Waals surface area contributed by atoms with Gasteiger partial charge in [0.05, 0.1) is 5.41 Å². The molecule has 1 aliphatic carbocycles. The molecule has 0 bridgehead atoms. The molecule has 98 valence electrons. The molecule has 0 spiro atoms. The molecule has 1 saturated carbocycles. The molecule has 0 heterocycles. The van der Waals surface area contributed by atoms with Crippen LogP contribution in [0, 0.1) is 5.41 Å². The van der Waals surface area contributed by atoms with Crippen molar-refractivity contribution in [1.29, 1.82) is 0 Å². The fourth-order valence-electron chi connectivity index (χ4n) is 2.09. The van der Waals surface area contributed by atoms with Crippen LogP contribution in [0.4, 0.5) is 0 Å². The summed E-state index contributed by atoms with van der Waals surface area (Å²) in [6.45, 7) is 5.34. The van der Waals surface area contributed by atoms with Crippen LogP contribution in [0.3, 0.4) is 0 Å². The van der Waals surface area contributed by atoms with Gasteiger partial charge in [-0.2, -0.15) is 0 Å². The SMILES string of the molecule is CC(C)(CN)CNC(=O)C1(c2ccccc2)CC1. The highest BCUT2D eigenvalue weighted by Crippen LogP contribution is 2.48. The van der Waals surface area contributed by atoms with Crippen LogP contribution in [0.15, 0.2) is 30.3 Å². The summed E-state index contributed by atoms with van der Waals surface area (Å²) in [4.78, 5) is 12.3. The van der Waals surface area contributed by atoms with Crippen molar-refractivity contribution in [3.63, 3.8) is 0 Å². The molecule has 1 amide bonds. The van der Waals surface area contributed by atoms with Crippen LogP contribution >= 0.6 is 0 Å². The maximum atomic E-state index is 12.3. The van der Waals surface area contributed by atoms with Gasteiger partial charge in [0.15, 0.2) is 0 Å². The van der Waals surface area contributed by atoms with Crippen LogP contribution in [0.2, 0.25) is 0 Å². The molecule has 3 heteroatoms. The van der Waals surface area contributed by atoms with Gasteiger partial charge in [-0.1, -0.05) is 44.2 Å². The van der Waals surface area contributed by atoms with E-state index in [0.717, 1.165) is 18.4 Å². The molecule has 3 N–H and O–H groups in total. The maximum absolute atomic E-state index is 12.3. The minimum Gasteiger partial charge on any atom is -0.355 e. The summed E-state index contributed by atoms with van der Waals surface area (Å²) < 4.78 is 0. The third-order valence-corrected chi connectivity index (χ3v) is 3.79. The Kier molecular flexibility index (Phi) is 3.44. The quantitative estimate of drug-likeness (QED) is 0.832. The largest absolute Gasteiger partial charge is 0.355 e. The molecular formula is C15H22N2O. The lowest BCUT2D eigenvalue weighted by atomic mass is 9.91. The molecule has 1 aromatic carbocycles. The number of rotatable bonds is 5. The Morgan fingerprint density at radius 1 is 1.33 bits per heavy atom. The first-order valence-corrected chi connectivity index (χ1v) is 6.54. The van der Waals surface area contributed by atoms with E-state index in [9.17, 15) is 4.79 Å². The van der Waals surface area contributed by atoms with Gasteiger partial charge < -0.3 is 11.1 Å². The maximum Gasteiger partial charge on any atom is 0.230 e. The van der Waals surface area contributed by atoms with E-state index in [-0.39, 0.29) is 16.7 Å². The molecule has 0 saturated heterocycles. The van der Waals surface area contributed by atoms with E-state index >= 15 is 0 Å². The Labute approximate surface area is 109 Å². The van der Waals surface area contributed by atoms with Crippen molar-refractivity contribution in [2.45, 2.75) is 32.1 Å². The van der Waals surface area contributed by atoms with Crippen LogP contribution < -0.4 is 11.1 Å². The first-order chi connectivity index (χ1) is 8.50. The number of carbonyl (C=O) groups is 1. The Morgan fingerprint density at radius 3 is 2.44 bits per heavy atom. The third kappa shape index (κ3) is 2.56. The van der Waals surface area contributed by atoms with Gasteiger partial charge in [0, 0.05) is 6.54 Å². The predicted molar refractivity (Wildman–Crippen MR) is 73.2 cm³/mol. The van der Waals surface area contributed by atoms with Gasteiger partial charge in [-0.15, -0.1) is 0 Å². The van der Waals surface area contributed by atoms with Gasteiger partial charge in [0.1, 0.15) is 0 Å². The number of amides is 1. The van der Waals surface area contributed by atoms with Crippen molar-refractivity contribution in [2.24, 2.45) is 11.1 Å². The normalized spacial score (nSPS) is 17.3. The monoisotopic (exact) mass is 246 g/mol. The molecule has 2 rings (SSSR count). The molecule has 0 aromatic heterocycles. The summed E-state index contributed by atoms with van der Waals surface area (Å²) >= 11 is 0. The first-order valence-electron chi connectivity index (χ1n) is 6.54. The Balaban J connectivity index is 2.02. The van der Waals surface area contributed by atoms with Gasteiger partial charge in [0.25, 0.3) is 0 Å². The number of carbonyl (C=O) groups excluding carboxylic acids is 1. The summed E-state index contributed by atoms with van der Waals surface area (Å²) in [5.74, 6) is 0.148. The number of hydrogen-bond acceptors (Lipinski definition) is 2. The van der Waals surface area contributed by atoms with Crippen molar-refractivity contribution >= 4 is 5.91 Å².